The standard InChI is InChI=1S/C27H30N4O.C2H6/c1-20(32)23-6-5-7-24(16-23)26-18-29-31-19-25(17-28-27(26)31)22-10-8-21(9-11-22)12-15-30-13-3-2-4-14-30;1-2/h5-11,16-20,32H,2-4,12-15H2,1H3;1-2H3. The molecule has 1 aliphatic rings. The molecule has 1 aliphatic heterocycles. The molecule has 3 heterocycles. The first kappa shape index (κ1) is 24.1. The second-order valence-electron chi connectivity index (χ2n) is 8.82. The molecule has 2 aromatic heterocycles. The molecular weight excluding hydrogens is 420 g/mol. The van der Waals surface area contributed by atoms with Crippen LogP contribution in [0.5, 0.6) is 0 Å². The number of hydrogen-bond donors (Lipinski definition) is 1. The summed E-state index contributed by atoms with van der Waals surface area (Å²) >= 11 is 0. The monoisotopic (exact) mass is 456 g/mol. The van der Waals surface area contributed by atoms with E-state index >= 15 is 0 Å². The highest BCUT2D eigenvalue weighted by Gasteiger charge is 2.12. The predicted octanol–water partition coefficient (Wildman–Crippen LogP) is 6.17. The molecule has 1 saturated heterocycles. The van der Waals surface area contributed by atoms with Gasteiger partial charge in [-0.2, -0.15) is 5.10 Å². The third-order valence-electron chi connectivity index (χ3n) is 6.49. The lowest BCUT2D eigenvalue weighted by atomic mass is 10.0. The number of aliphatic hydroxyl groups excluding tert-OH is 1. The van der Waals surface area contributed by atoms with E-state index in [4.69, 9.17) is 4.98 Å². The second kappa shape index (κ2) is 11.4. The molecule has 0 radical (unpaired) electrons. The highest BCUT2D eigenvalue weighted by Crippen LogP contribution is 2.28. The fraction of sp³-hybridized carbons (Fsp3) is 0.379. The van der Waals surface area contributed by atoms with E-state index in [1.54, 1.807) is 6.92 Å². The van der Waals surface area contributed by atoms with Crippen LogP contribution >= 0.6 is 0 Å². The predicted molar refractivity (Wildman–Crippen MR) is 140 cm³/mol. The molecule has 1 unspecified atom stereocenters. The first-order valence-corrected chi connectivity index (χ1v) is 12.6. The zero-order valence-electron chi connectivity index (χ0n) is 20.6. The van der Waals surface area contributed by atoms with Gasteiger partial charge in [-0.05, 0) is 67.6 Å². The molecule has 178 valence electrons. The van der Waals surface area contributed by atoms with Crippen LogP contribution in [0.4, 0.5) is 0 Å². The summed E-state index contributed by atoms with van der Waals surface area (Å²) in [5, 5.41) is 14.4. The van der Waals surface area contributed by atoms with Crippen LogP contribution in [0, 0.1) is 0 Å². The number of rotatable bonds is 6. The SMILES string of the molecule is CC.CC(O)c1cccc(-c2cnn3cc(-c4ccc(CCN5CCCCC5)cc4)cnc23)c1. The van der Waals surface area contributed by atoms with Gasteiger partial charge in [0.2, 0.25) is 0 Å². The Kier molecular flexibility index (Phi) is 8.09. The third kappa shape index (κ3) is 5.54. The maximum atomic E-state index is 9.90. The van der Waals surface area contributed by atoms with Gasteiger partial charge < -0.3 is 10.0 Å². The molecule has 34 heavy (non-hydrogen) atoms. The Morgan fingerprint density at radius 1 is 0.912 bits per heavy atom. The zero-order chi connectivity index (χ0) is 23.9. The Morgan fingerprint density at radius 3 is 2.41 bits per heavy atom. The molecule has 0 spiro atoms. The van der Waals surface area contributed by atoms with Gasteiger partial charge in [-0.3, -0.25) is 0 Å². The quantitative estimate of drug-likeness (QED) is 0.377. The molecule has 5 rings (SSSR count). The number of piperidine rings is 1. The van der Waals surface area contributed by atoms with Crippen molar-refractivity contribution in [2.24, 2.45) is 0 Å². The minimum absolute atomic E-state index is 0.501. The Labute approximate surface area is 203 Å². The van der Waals surface area contributed by atoms with Crippen LogP contribution in [0.1, 0.15) is 57.3 Å². The minimum atomic E-state index is -0.501. The van der Waals surface area contributed by atoms with Gasteiger partial charge in [0.05, 0.1) is 12.3 Å². The first-order chi connectivity index (χ1) is 16.7. The molecule has 1 N–H and O–H groups in total. The molecule has 5 nitrogen and oxygen atoms in total. The van der Waals surface area contributed by atoms with E-state index in [1.165, 1.54) is 37.9 Å². The molecule has 5 heteroatoms. The largest absolute Gasteiger partial charge is 0.389 e. The van der Waals surface area contributed by atoms with E-state index in [1.807, 2.05) is 61.2 Å². The Hall–Kier alpha value is -3.02. The van der Waals surface area contributed by atoms with Crippen LogP contribution in [0.3, 0.4) is 0 Å². The van der Waals surface area contributed by atoms with Gasteiger partial charge in [-0.1, -0.05) is 62.7 Å². The number of fused-ring (bicyclic) bond motifs is 1. The second-order valence-corrected chi connectivity index (χ2v) is 8.82. The van der Waals surface area contributed by atoms with Crippen molar-refractivity contribution in [2.45, 2.75) is 52.6 Å². The molecule has 4 aromatic rings. The number of nitrogens with zero attached hydrogens (tertiary/aromatic N) is 4. The Balaban J connectivity index is 0.00000133. The van der Waals surface area contributed by atoms with E-state index in [2.05, 4.69) is 34.3 Å². The summed E-state index contributed by atoms with van der Waals surface area (Å²) in [7, 11) is 0. The van der Waals surface area contributed by atoms with Gasteiger partial charge in [0.25, 0.3) is 0 Å². The van der Waals surface area contributed by atoms with Crippen LogP contribution in [0.15, 0.2) is 67.1 Å². The average Bonchev–Trinajstić information content (AvgIpc) is 3.33. The van der Waals surface area contributed by atoms with Crippen LogP contribution in [0.2, 0.25) is 0 Å². The number of aromatic nitrogens is 3. The van der Waals surface area contributed by atoms with E-state index in [0.717, 1.165) is 46.4 Å². The summed E-state index contributed by atoms with van der Waals surface area (Å²) in [5.41, 5.74) is 7.26. The van der Waals surface area contributed by atoms with Crippen molar-refractivity contribution in [1.82, 2.24) is 19.5 Å². The number of likely N-dealkylation sites (tertiary alicyclic amines) is 1. The average molecular weight is 457 g/mol. The minimum Gasteiger partial charge on any atom is -0.389 e. The zero-order valence-corrected chi connectivity index (χ0v) is 20.6. The van der Waals surface area contributed by atoms with Crippen molar-refractivity contribution in [3.63, 3.8) is 0 Å². The summed E-state index contributed by atoms with van der Waals surface area (Å²) in [5.74, 6) is 0. The lowest BCUT2D eigenvalue weighted by Crippen LogP contribution is -2.31. The van der Waals surface area contributed by atoms with E-state index in [0.29, 0.717) is 0 Å². The maximum Gasteiger partial charge on any atom is 0.162 e. The molecule has 1 fully saturated rings. The summed E-state index contributed by atoms with van der Waals surface area (Å²) in [4.78, 5) is 7.30. The topological polar surface area (TPSA) is 53.7 Å². The summed E-state index contributed by atoms with van der Waals surface area (Å²) < 4.78 is 1.84. The molecule has 1 atom stereocenters. The summed E-state index contributed by atoms with van der Waals surface area (Å²) in [6.45, 7) is 9.43. The molecule has 0 saturated carbocycles. The van der Waals surface area contributed by atoms with Gasteiger partial charge in [0.1, 0.15) is 0 Å². The first-order valence-electron chi connectivity index (χ1n) is 12.6. The van der Waals surface area contributed by atoms with Crippen molar-refractivity contribution >= 4 is 5.65 Å². The van der Waals surface area contributed by atoms with Gasteiger partial charge in [0.15, 0.2) is 5.65 Å². The molecule has 2 aromatic carbocycles. The van der Waals surface area contributed by atoms with E-state index in [-0.39, 0.29) is 0 Å². The van der Waals surface area contributed by atoms with Crippen LogP contribution in [-0.2, 0) is 6.42 Å². The lowest BCUT2D eigenvalue weighted by molar-refractivity contribution is 0.199. The highest BCUT2D eigenvalue weighted by molar-refractivity contribution is 5.78. The van der Waals surface area contributed by atoms with Crippen molar-refractivity contribution in [3.05, 3.63) is 78.2 Å². The highest BCUT2D eigenvalue weighted by atomic mass is 16.3. The van der Waals surface area contributed by atoms with Crippen molar-refractivity contribution in [1.29, 1.82) is 0 Å². The van der Waals surface area contributed by atoms with Crippen molar-refractivity contribution < 1.29 is 5.11 Å². The van der Waals surface area contributed by atoms with Crippen molar-refractivity contribution in [2.75, 3.05) is 19.6 Å². The molecule has 0 bridgehead atoms. The van der Waals surface area contributed by atoms with Gasteiger partial charge >= 0.3 is 0 Å². The maximum absolute atomic E-state index is 9.90. The van der Waals surface area contributed by atoms with Crippen LogP contribution < -0.4 is 0 Å². The lowest BCUT2D eigenvalue weighted by Gasteiger charge is -2.26. The Bertz CT molecular complexity index is 1190. The number of hydrogen-bond acceptors (Lipinski definition) is 4. The summed E-state index contributed by atoms with van der Waals surface area (Å²) in [6, 6.07) is 16.8. The van der Waals surface area contributed by atoms with Crippen LogP contribution in [0.25, 0.3) is 27.9 Å². The smallest absolute Gasteiger partial charge is 0.162 e. The summed E-state index contributed by atoms with van der Waals surface area (Å²) in [6.07, 6.45) is 10.5. The fourth-order valence-electron chi connectivity index (χ4n) is 4.53. The van der Waals surface area contributed by atoms with E-state index < -0.39 is 6.10 Å². The normalized spacial score (nSPS) is 15.1. The van der Waals surface area contributed by atoms with Crippen LogP contribution in [-0.4, -0.2) is 44.2 Å². The van der Waals surface area contributed by atoms with Gasteiger partial charge in [0, 0.05) is 30.1 Å². The van der Waals surface area contributed by atoms with Gasteiger partial charge in [-0.25, -0.2) is 9.50 Å². The van der Waals surface area contributed by atoms with Gasteiger partial charge in [-0.15, -0.1) is 0 Å². The number of benzene rings is 2. The van der Waals surface area contributed by atoms with E-state index in [9.17, 15) is 5.11 Å². The third-order valence-corrected chi connectivity index (χ3v) is 6.49. The molecule has 0 aliphatic carbocycles. The molecule has 0 amide bonds. The Morgan fingerprint density at radius 2 is 1.68 bits per heavy atom. The fourth-order valence-corrected chi connectivity index (χ4v) is 4.53. The number of aliphatic hydroxyl groups is 1. The molecular formula is C29H36N4O. The van der Waals surface area contributed by atoms with Crippen molar-refractivity contribution in [3.8, 4) is 22.3 Å².